The second-order valence-electron chi connectivity index (χ2n) is 7.34. The van der Waals surface area contributed by atoms with Crippen LogP contribution < -0.4 is 10.0 Å². The van der Waals surface area contributed by atoms with E-state index in [0.717, 1.165) is 11.1 Å². The van der Waals surface area contributed by atoms with Crippen LogP contribution in [-0.4, -0.2) is 20.9 Å². The number of sulfonamides is 1. The van der Waals surface area contributed by atoms with E-state index in [2.05, 4.69) is 30.8 Å². The van der Waals surface area contributed by atoms with E-state index in [0.29, 0.717) is 5.69 Å². The van der Waals surface area contributed by atoms with Gasteiger partial charge in [-0.25, -0.2) is 13.1 Å². The molecule has 5 nitrogen and oxygen atoms in total. The van der Waals surface area contributed by atoms with Crippen LogP contribution in [0.2, 0.25) is 0 Å². The third kappa shape index (κ3) is 5.68. The molecule has 26 heavy (non-hydrogen) atoms. The van der Waals surface area contributed by atoms with Crippen molar-refractivity contribution in [1.82, 2.24) is 4.72 Å². The second-order valence-corrected chi connectivity index (χ2v) is 9.10. The van der Waals surface area contributed by atoms with Crippen molar-refractivity contribution >= 4 is 21.6 Å². The van der Waals surface area contributed by atoms with E-state index in [9.17, 15) is 13.2 Å². The Hall–Kier alpha value is -2.18. The molecule has 0 aromatic heterocycles. The molecule has 0 spiro atoms. The van der Waals surface area contributed by atoms with Gasteiger partial charge in [0.1, 0.15) is 0 Å². The first-order valence-corrected chi connectivity index (χ1v) is 10.0. The van der Waals surface area contributed by atoms with Crippen molar-refractivity contribution in [3.63, 3.8) is 0 Å². The van der Waals surface area contributed by atoms with Gasteiger partial charge in [-0.2, -0.15) is 0 Å². The van der Waals surface area contributed by atoms with Gasteiger partial charge in [-0.3, -0.25) is 4.79 Å². The molecule has 0 fully saturated rings. The van der Waals surface area contributed by atoms with E-state index in [1.165, 1.54) is 0 Å². The van der Waals surface area contributed by atoms with Crippen LogP contribution in [0.3, 0.4) is 0 Å². The smallest absolute Gasteiger partial charge is 0.240 e. The van der Waals surface area contributed by atoms with Crippen LogP contribution in [0, 0.1) is 6.92 Å². The first-order valence-electron chi connectivity index (χ1n) is 8.55. The summed E-state index contributed by atoms with van der Waals surface area (Å²) in [5, 5.41) is 2.75. The lowest BCUT2D eigenvalue weighted by atomic mass is 9.87. The predicted molar refractivity (Wildman–Crippen MR) is 105 cm³/mol. The second kappa shape index (κ2) is 8.01. The molecular formula is C20H26N2O3S. The Kier molecular flexibility index (Phi) is 6.21. The summed E-state index contributed by atoms with van der Waals surface area (Å²) in [7, 11) is -3.63. The number of carbonyl (C=O) groups is 1. The van der Waals surface area contributed by atoms with E-state index in [1.807, 2.05) is 43.3 Å². The SMILES string of the molecule is Cc1ccc(NC(=O)CCNS(=O)(=O)c2ccc(C(C)(C)C)cc2)cc1. The Bertz CT molecular complexity index is 849. The molecule has 0 bridgehead atoms. The first kappa shape index (κ1) is 20.1. The van der Waals surface area contributed by atoms with Crippen LogP contribution in [0.1, 0.15) is 38.3 Å². The van der Waals surface area contributed by atoms with Crippen molar-refractivity contribution in [2.24, 2.45) is 0 Å². The zero-order valence-corrected chi connectivity index (χ0v) is 16.5. The van der Waals surface area contributed by atoms with Gasteiger partial charge in [0.05, 0.1) is 4.90 Å². The quantitative estimate of drug-likeness (QED) is 0.811. The lowest BCUT2D eigenvalue weighted by Crippen LogP contribution is -2.28. The van der Waals surface area contributed by atoms with Crippen molar-refractivity contribution in [1.29, 1.82) is 0 Å². The summed E-state index contributed by atoms with van der Waals surface area (Å²) in [6.07, 6.45) is 0.0627. The minimum atomic E-state index is -3.63. The van der Waals surface area contributed by atoms with E-state index >= 15 is 0 Å². The predicted octanol–water partition coefficient (Wildman–Crippen LogP) is 3.60. The van der Waals surface area contributed by atoms with Crippen molar-refractivity contribution in [2.45, 2.75) is 44.4 Å². The summed E-state index contributed by atoms with van der Waals surface area (Å²) in [4.78, 5) is 12.1. The average Bonchev–Trinajstić information content (AvgIpc) is 2.56. The molecule has 0 atom stereocenters. The van der Waals surface area contributed by atoms with E-state index in [1.54, 1.807) is 12.1 Å². The zero-order valence-electron chi connectivity index (χ0n) is 15.7. The van der Waals surface area contributed by atoms with Gasteiger partial charge in [-0.15, -0.1) is 0 Å². The van der Waals surface area contributed by atoms with E-state index < -0.39 is 10.0 Å². The minimum Gasteiger partial charge on any atom is -0.326 e. The third-order valence-electron chi connectivity index (χ3n) is 4.01. The monoisotopic (exact) mass is 374 g/mol. The van der Waals surface area contributed by atoms with Crippen LogP contribution in [0.5, 0.6) is 0 Å². The molecule has 2 N–H and O–H groups in total. The molecule has 0 saturated heterocycles. The van der Waals surface area contributed by atoms with Gasteiger partial charge in [0.2, 0.25) is 15.9 Å². The summed E-state index contributed by atoms with van der Waals surface area (Å²) >= 11 is 0. The minimum absolute atomic E-state index is 0.0379. The van der Waals surface area contributed by atoms with Gasteiger partial charge in [-0.05, 0) is 42.2 Å². The fraction of sp³-hybridized carbons (Fsp3) is 0.350. The number of hydrogen-bond acceptors (Lipinski definition) is 3. The van der Waals surface area contributed by atoms with Crippen molar-refractivity contribution in [3.05, 3.63) is 59.7 Å². The molecule has 2 rings (SSSR count). The summed E-state index contributed by atoms with van der Waals surface area (Å²) in [6, 6.07) is 14.3. The van der Waals surface area contributed by atoms with Gasteiger partial charge in [0.15, 0.2) is 0 Å². The summed E-state index contributed by atoms with van der Waals surface area (Å²) in [5.41, 5.74) is 2.83. The van der Waals surface area contributed by atoms with Crippen LogP contribution in [0.4, 0.5) is 5.69 Å². The Labute approximate surface area is 155 Å². The van der Waals surface area contributed by atoms with Gasteiger partial charge in [0, 0.05) is 18.7 Å². The fourth-order valence-electron chi connectivity index (χ4n) is 2.38. The highest BCUT2D eigenvalue weighted by molar-refractivity contribution is 7.89. The number of anilines is 1. The lowest BCUT2D eigenvalue weighted by molar-refractivity contribution is -0.116. The number of carbonyl (C=O) groups excluding carboxylic acids is 1. The molecule has 0 aliphatic carbocycles. The van der Waals surface area contributed by atoms with Gasteiger partial charge in [-0.1, -0.05) is 50.6 Å². The third-order valence-corrected chi connectivity index (χ3v) is 5.49. The van der Waals surface area contributed by atoms with E-state index in [4.69, 9.17) is 0 Å². The van der Waals surface area contributed by atoms with Gasteiger partial charge in [0.25, 0.3) is 0 Å². The molecule has 2 aromatic rings. The highest BCUT2D eigenvalue weighted by atomic mass is 32.2. The number of benzene rings is 2. The summed E-state index contributed by atoms with van der Waals surface area (Å²) in [6.45, 7) is 8.22. The van der Waals surface area contributed by atoms with Crippen LogP contribution in [0.25, 0.3) is 0 Å². The molecule has 0 unspecified atom stereocenters. The molecule has 0 radical (unpaired) electrons. The maximum Gasteiger partial charge on any atom is 0.240 e. The Morgan fingerprint density at radius 2 is 1.54 bits per heavy atom. The number of hydrogen-bond donors (Lipinski definition) is 2. The van der Waals surface area contributed by atoms with Gasteiger partial charge < -0.3 is 5.32 Å². The molecule has 0 heterocycles. The molecule has 0 aliphatic rings. The maximum absolute atomic E-state index is 12.3. The fourth-order valence-corrected chi connectivity index (χ4v) is 3.41. The number of nitrogens with one attached hydrogen (secondary N) is 2. The van der Waals surface area contributed by atoms with Crippen LogP contribution in [-0.2, 0) is 20.2 Å². The summed E-state index contributed by atoms with van der Waals surface area (Å²) < 4.78 is 27.1. The number of rotatable bonds is 6. The molecule has 6 heteroatoms. The van der Waals surface area contributed by atoms with E-state index in [-0.39, 0.29) is 29.2 Å². The molecule has 2 aromatic carbocycles. The summed E-state index contributed by atoms with van der Waals surface area (Å²) in [5.74, 6) is -0.236. The molecule has 1 amide bonds. The van der Waals surface area contributed by atoms with Crippen LogP contribution in [0.15, 0.2) is 53.4 Å². The standard InChI is InChI=1S/C20H26N2O3S/c1-15-5-9-17(10-6-15)22-19(23)13-14-21-26(24,25)18-11-7-16(8-12-18)20(2,3)4/h5-12,21H,13-14H2,1-4H3,(H,22,23). The lowest BCUT2D eigenvalue weighted by Gasteiger charge is -2.19. The first-order chi connectivity index (χ1) is 12.1. The zero-order chi connectivity index (χ0) is 19.4. The Morgan fingerprint density at radius 1 is 0.962 bits per heavy atom. The molecule has 0 aliphatic heterocycles. The van der Waals surface area contributed by atoms with Crippen molar-refractivity contribution < 1.29 is 13.2 Å². The van der Waals surface area contributed by atoms with Gasteiger partial charge >= 0.3 is 0 Å². The normalized spacial score (nSPS) is 12.0. The van der Waals surface area contributed by atoms with Crippen molar-refractivity contribution in [3.8, 4) is 0 Å². The van der Waals surface area contributed by atoms with Crippen LogP contribution >= 0.6 is 0 Å². The maximum atomic E-state index is 12.3. The highest BCUT2D eigenvalue weighted by Gasteiger charge is 2.17. The Balaban J connectivity index is 1.89. The molecular weight excluding hydrogens is 348 g/mol. The largest absolute Gasteiger partial charge is 0.326 e. The molecule has 140 valence electrons. The Morgan fingerprint density at radius 3 is 2.08 bits per heavy atom. The van der Waals surface area contributed by atoms with Crippen molar-refractivity contribution in [2.75, 3.05) is 11.9 Å². The topological polar surface area (TPSA) is 75.3 Å². The highest BCUT2D eigenvalue weighted by Crippen LogP contribution is 2.23. The average molecular weight is 375 g/mol. The number of aryl methyl sites for hydroxylation is 1. The number of amides is 1. The molecule has 0 saturated carbocycles.